The molecule has 0 fully saturated rings. The highest BCUT2D eigenvalue weighted by molar-refractivity contribution is 5.83. The number of rotatable bonds is 8. The number of benzene rings is 2. The molecular formula is C22H25NO5. The number of para-hydroxylation sites is 1. The smallest absolute Gasteiger partial charge is 0.344 e. The molecule has 3 rings (SSSR count). The van der Waals surface area contributed by atoms with Crippen LogP contribution in [0.2, 0.25) is 0 Å². The van der Waals surface area contributed by atoms with E-state index >= 15 is 0 Å². The van der Waals surface area contributed by atoms with Gasteiger partial charge in [-0.3, -0.25) is 4.79 Å². The number of fused-ring (bicyclic) bond motifs is 1. The Kier molecular flexibility index (Phi) is 6.53. The van der Waals surface area contributed by atoms with E-state index in [-0.39, 0.29) is 19.1 Å². The summed E-state index contributed by atoms with van der Waals surface area (Å²) in [7, 11) is 1.58. The molecule has 0 spiro atoms. The highest BCUT2D eigenvalue weighted by atomic mass is 16.6. The zero-order valence-electron chi connectivity index (χ0n) is 16.2. The maximum Gasteiger partial charge on any atom is 0.344 e. The summed E-state index contributed by atoms with van der Waals surface area (Å²) in [5, 5.41) is 2.74. The second-order valence-corrected chi connectivity index (χ2v) is 6.73. The molecule has 1 atom stereocenters. The van der Waals surface area contributed by atoms with E-state index in [1.165, 1.54) is 18.1 Å². The SMILES string of the molecule is COc1ccccc1CNC(=O)[C@@H](C)OC(=O)COc1ccc2c(c1)CCC2. The predicted octanol–water partition coefficient (Wildman–Crippen LogP) is 2.81. The number of methoxy groups -OCH3 is 1. The summed E-state index contributed by atoms with van der Waals surface area (Å²) in [6.07, 6.45) is 2.38. The van der Waals surface area contributed by atoms with E-state index in [1.54, 1.807) is 7.11 Å². The first-order chi connectivity index (χ1) is 13.6. The van der Waals surface area contributed by atoms with Gasteiger partial charge in [0, 0.05) is 12.1 Å². The maximum absolute atomic E-state index is 12.2. The van der Waals surface area contributed by atoms with E-state index < -0.39 is 12.1 Å². The number of hydrogen-bond donors (Lipinski definition) is 1. The molecule has 0 saturated carbocycles. The molecule has 0 aromatic heterocycles. The molecule has 1 N–H and O–H groups in total. The van der Waals surface area contributed by atoms with Gasteiger partial charge in [0.05, 0.1) is 7.11 Å². The van der Waals surface area contributed by atoms with Crippen molar-refractivity contribution >= 4 is 11.9 Å². The van der Waals surface area contributed by atoms with Crippen LogP contribution >= 0.6 is 0 Å². The lowest BCUT2D eigenvalue weighted by molar-refractivity contribution is -0.156. The Balaban J connectivity index is 1.43. The molecule has 1 aliphatic rings. The van der Waals surface area contributed by atoms with Crippen LogP contribution in [0.3, 0.4) is 0 Å². The lowest BCUT2D eigenvalue weighted by Gasteiger charge is -2.15. The number of aryl methyl sites for hydroxylation is 2. The van der Waals surface area contributed by atoms with Crippen molar-refractivity contribution < 1.29 is 23.8 Å². The molecule has 0 unspecified atom stereocenters. The fraction of sp³-hybridized carbons (Fsp3) is 0.364. The van der Waals surface area contributed by atoms with E-state index in [1.807, 2.05) is 42.5 Å². The van der Waals surface area contributed by atoms with Gasteiger partial charge in [-0.05, 0) is 55.5 Å². The van der Waals surface area contributed by atoms with E-state index in [0.29, 0.717) is 11.5 Å². The maximum atomic E-state index is 12.2. The van der Waals surface area contributed by atoms with Crippen LogP contribution in [0.25, 0.3) is 0 Å². The van der Waals surface area contributed by atoms with E-state index in [2.05, 4.69) is 5.32 Å². The Morgan fingerprint density at radius 2 is 1.89 bits per heavy atom. The van der Waals surface area contributed by atoms with E-state index in [9.17, 15) is 9.59 Å². The monoisotopic (exact) mass is 383 g/mol. The average Bonchev–Trinajstić information content (AvgIpc) is 3.18. The molecule has 0 aliphatic heterocycles. The van der Waals surface area contributed by atoms with Crippen molar-refractivity contribution in [2.24, 2.45) is 0 Å². The fourth-order valence-corrected chi connectivity index (χ4v) is 3.24. The third-order valence-electron chi connectivity index (χ3n) is 4.75. The summed E-state index contributed by atoms with van der Waals surface area (Å²) >= 11 is 0. The number of amides is 1. The van der Waals surface area contributed by atoms with Gasteiger partial charge in [0.1, 0.15) is 11.5 Å². The molecule has 0 saturated heterocycles. The highest BCUT2D eigenvalue weighted by Crippen LogP contribution is 2.26. The van der Waals surface area contributed by atoms with Crippen LogP contribution in [0.1, 0.15) is 30.0 Å². The van der Waals surface area contributed by atoms with Gasteiger partial charge in [0.2, 0.25) is 0 Å². The van der Waals surface area contributed by atoms with Crippen molar-refractivity contribution in [2.45, 2.75) is 38.8 Å². The second kappa shape index (κ2) is 9.26. The second-order valence-electron chi connectivity index (χ2n) is 6.73. The molecule has 2 aromatic rings. The van der Waals surface area contributed by atoms with Gasteiger partial charge in [-0.2, -0.15) is 0 Å². The van der Waals surface area contributed by atoms with Gasteiger partial charge >= 0.3 is 5.97 Å². The van der Waals surface area contributed by atoms with Crippen LogP contribution in [0.4, 0.5) is 0 Å². The minimum absolute atomic E-state index is 0.233. The number of hydrogen-bond acceptors (Lipinski definition) is 5. The van der Waals surface area contributed by atoms with Crippen molar-refractivity contribution in [1.82, 2.24) is 5.32 Å². The predicted molar refractivity (Wildman–Crippen MR) is 104 cm³/mol. The van der Waals surface area contributed by atoms with E-state index in [4.69, 9.17) is 14.2 Å². The quantitative estimate of drug-likeness (QED) is 0.710. The molecule has 0 bridgehead atoms. The molecular weight excluding hydrogens is 358 g/mol. The van der Waals surface area contributed by atoms with Crippen molar-refractivity contribution in [3.63, 3.8) is 0 Å². The van der Waals surface area contributed by atoms with Crippen LogP contribution < -0.4 is 14.8 Å². The number of carbonyl (C=O) groups excluding carboxylic acids is 2. The Hall–Kier alpha value is -3.02. The topological polar surface area (TPSA) is 73.9 Å². The Morgan fingerprint density at radius 3 is 2.71 bits per heavy atom. The van der Waals surface area contributed by atoms with Crippen molar-refractivity contribution in [1.29, 1.82) is 0 Å². The first-order valence-electron chi connectivity index (χ1n) is 9.40. The minimum atomic E-state index is -0.911. The average molecular weight is 383 g/mol. The van der Waals surface area contributed by atoms with Crippen LogP contribution in [-0.2, 0) is 33.7 Å². The summed E-state index contributed by atoms with van der Waals surface area (Å²) < 4.78 is 15.9. The molecule has 28 heavy (non-hydrogen) atoms. The molecule has 1 amide bonds. The van der Waals surface area contributed by atoms with Gasteiger partial charge in [0.25, 0.3) is 5.91 Å². The molecule has 0 radical (unpaired) electrons. The molecule has 6 nitrogen and oxygen atoms in total. The third-order valence-corrected chi connectivity index (χ3v) is 4.75. The van der Waals surface area contributed by atoms with Crippen LogP contribution in [0.15, 0.2) is 42.5 Å². The van der Waals surface area contributed by atoms with Crippen LogP contribution in [0, 0.1) is 0 Å². The zero-order valence-corrected chi connectivity index (χ0v) is 16.2. The fourth-order valence-electron chi connectivity index (χ4n) is 3.24. The highest BCUT2D eigenvalue weighted by Gasteiger charge is 2.19. The summed E-state index contributed by atoms with van der Waals surface area (Å²) in [5.74, 6) is 0.373. The van der Waals surface area contributed by atoms with Gasteiger partial charge in [-0.25, -0.2) is 4.79 Å². The van der Waals surface area contributed by atoms with Crippen LogP contribution in [-0.4, -0.2) is 31.7 Å². The number of nitrogens with one attached hydrogen (secondary N) is 1. The number of esters is 1. The molecule has 2 aromatic carbocycles. The first kappa shape index (κ1) is 19.7. The largest absolute Gasteiger partial charge is 0.496 e. The standard InChI is InChI=1S/C22H25NO5/c1-15(22(25)23-13-18-6-3-4-9-20(18)26-2)28-21(24)14-27-19-11-10-16-7-5-8-17(16)12-19/h3-4,6,9-12,15H,5,7-8,13-14H2,1-2H3,(H,23,25)/t15-/m1/s1. The number of carbonyl (C=O) groups is 2. The molecule has 6 heteroatoms. The van der Waals surface area contributed by atoms with Gasteiger partial charge in [0.15, 0.2) is 12.7 Å². The summed E-state index contributed by atoms with van der Waals surface area (Å²) in [4.78, 5) is 24.2. The lowest BCUT2D eigenvalue weighted by Crippen LogP contribution is -2.36. The van der Waals surface area contributed by atoms with Gasteiger partial charge in [-0.1, -0.05) is 24.3 Å². The summed E-state index contributed by atoms with van der Waals surface area (Å²) in [6.45, 7) is 1.59. The molecule has 0 heterocycles. The Bertz CT molecular complexity index is 849. The third kappa shape index (κ3) is 5.03. The molecule has 148 valence electrons. The summed E-state index contributed by atoms with van der Waals surface area (Å²) in [6, 6.07) is 13.3. The Morgan fingerprint density at radius 1 is 1.11 bits per heavy atom. The van der Waals surface area contributed by atoms with Crippen molar-refractivity contribution in [3.05, 3.63) is 59.2 Å². The number of ether oxygens (including phenoxy) is 3. The minimum Gasteiger partial charge on any atom is -0.496 e. The van der Waals surface area contributed by atoms with Crippen LogP contribution in [0.5, 0.6) is 11.5 Å². The van der Waals surface area contributed by atoms with Gasteiger partial charge in [-0.15, -0.1) is 0 Å². The lowest BCUT2D eigenvalue weighted by atomic mass is 10.1. The zero-order chi connectivity index (χ0) is 19.9. The van der Waals surface area contributed by atoms with Crippen molar-refractivity contribution in [2.75, 3.05) is 13.7 Å². The van der Waals surface area contributed by atoms with Crippen molar-refractivity contribution in [3.8, 4) is 11.5 Å². The summed E-state index contributed by atoms with van der Waals surface area (Å²) in [5.41, 5.74) is 3.46. The normalized spacial score (nSPS) is 13.4. The molecule has 1 aliphatic carbocycles. The Labute approximate surface area is 164 Å². The first-order valence-corrected chi connectivity index (χ1v) is 9.40. The van der Waals surface area contributed by atoms with E-state index in [0.717, 1.165) is 24.8 Å². The van der Waals surface area contributed by atoms with Gasteiger partial charge < -0.3 is 19.5 Å².